The Hall–Kier alpha value is -3.85. The average molecular weight is 457 g/mol. The molecule has 2 aromatic carbocycles. The zero-order valence-corrected chi connectivity index (χ0v) is 17.9. The second kappa shape index (κ2) is 10.5. The van der Waals surface area contributed by atoms with Crippen LogP contribution in [0.15, 0.2) is 64.3 Å². The number of H-pyrrole nitrogens is 1. The van der Waals surface area contributed by atoms with Gasteiger partial charge in [-0.25, -0.2) is 4.79 Å². The van der Waals surface area contributed by atoms with Crippen molar-refractivity contribution in [2.45, 2.75) is 13.5 Å². The number of carbonyl (C=O) groups excluding carboxylic acids is 2. The molecular weight excluding hydrogens is 436 g/mol. The minimum absolute atomic E-state index is 0.0700. The minimum Gasteiger partial charge on any atom is -0.492 e. The summed E-state index contributed by atoms with van der Waals surface area (Å²) in [7, 11) is 0. The van der Waals surface area contributed by atoms with Crippen molar-refractivity contribution in [3.8, 4) is 5.75 Å². The van der Waals surface area contributed by atoms with E-state index < -0.39 is 17.2 Å². The third-order valence-electron chi connectivity index (χ3n) is 4.45. The summed E-state index contributed by atoms with van der Waals surface area (Å²) < 4.78 is 6.40. The molecule has 3 aromatic rings. The van der Waals surface area contributed by atoms with E-state index in [0.29, 0.717) is 35.2 Å². The number of carbonyl (C=O) groups is 2. The number of nitrogens with one attached hydrogen (secondary N) is 3. The first kappa shape index (κ1) is 22.8. The summed E-state index contributed by atoms with van der Waals surface area (Å²) in [6.07, 6.45) is 1.09. The van der Waals surface area contributed by atoms with Crippen LogP contribution in [-0.2, 0) is 11.3 Å². The Labute approximate surface area is 188 Å². The average Bonchev–Trinajstić information content (AvgIpc) is 2.76. The highest BCUT2D eigenvalue weighted by Crippen LogP contribution is 2.17. The number of hydrogen-bond acceptors (Lipinski definition) is 5. The standard InChI is InChI=1S/C22H21ClN4O5/c1-14(28)24-10-11-32-17-8-6-16(7-9-17)26-20(29)18-12-25-22(31)27(21(18)30)13-15-4-2-3-5-19(15)23/h2-9,12H,10-11,13H2,1H3,(H,24,28)(H,25,31)(H,26,29). The summed E-state index contributed by atoms with van der Waals surface area (Å²) in [5.74, 6) is -0.252. The van der Waals surface area contributed by atoms with Crippen molar-refractivity contribution >= 4 is 29.1 Å². The molecule has 0 spiro atoms. The third kappa shape index (κ3) is 5.86. The van der Waals surface area contributed by atoms with E-state index >= 15 is 0 Å². The molecule has 10 heteroatoms. The molecule has 2 amide bonds. The first-order valence-electron chi connectivity index (χ1n) is 9.69. The number of amides is 2. The van der Waals surface area contributed by atoms with Crippen molar-refractivity contribution in [2.24, 2.45) is 0 Å². The summed E-state index contributed by atoms with van der Waals surface area (Å²) in [5.41, 5.74) is -0.579. The predicted molar refractivity (Wildman–Crippen MR) is 120 cm³/mol. The van der Waals surface area contributed by atoms with E-state index in [1.54, 1.807) is 48.5 Å². The lowest BCUT2D eigenvalue weighted by atomic mass is 10.2. The van der Waals surface area contributed by atoms with Crippen molar-refractivity contribution < 1.29 is 14.3 Å². The molecule has 1 heterocycles. The summed E-state index contributed by atoms with van der Waals surface area (Å²) >= 11 is 6.12. The lowest BCUT2D eigenvalue weighted by Gasteiger charge is -2.10. The first-order chi connectivity index (χ1) is 15.3. The zero-order chi connectivity index (χ0) is 23.1. The van der Waals surface area contributed by atoms with Gasteiger partial charge in [-0.15, -0.1) is 0 Å². The lowest BCUT2D eigenvalue weighted by molar-refractivity contribution is -0.119. The van der Waals surface area contributed by atoms with E-state index in [-0.39, 0.29) is 18.0 Å². The quantitative estimate of drug-likeness (QED) is 0.447. The number of ether oxygens (including phenoxy) is 1. The molecule has 9 nitrogen and oxygen atoms in total. The summed E-state index contributed by atoms with van der Waals surface area (Å²) in [4.78, 5) is 50.8. The van der Waals surface area contributed by atoms with Gasteiger partial charge >= 0.3 is 5.69 Å². The van der Waals surface area contributed by atoms with Crippen LogP contribution in [-0.4, -0.2) is 34.5 Å². The Morgan fingerprint density at radius 2 is 1.81 bits per heavy atom. The van der Waals surface area contributed by atoms with Crippen molar-refractivity contribution in [3.63, 3.8) is 0 Å². The van der Waals surface area contributed by atoms with Gasteiger partial charge in [0, 0.05) is 23.8 Å². The van der Waals surface area contributed by atoms with Gasteiger partial charge in [-0.2, -0.15) is 0 Å². The Balaban J connectivity index is 1.70. The number of halogens is 1. The SMILES string of the molecule is CC(=O)NCCOc1ccc(NC(=O)c2c[nH]c(=O)n(Cc3ccccc3Cl)c2=O)cc1. The number of aromatic amines is 1. The number of benzene rings is 2. The van der Waals surface area contributed by atoms with Crippen LogP contribution in [0.4, 0.5) is 5.69 Å². The maximum atomic E-state index is 12.8. The van der Waals surface area contributed by atoms with Gasteiger partial charge in [-0.3, -0.25) is 19.0 Å². The van der Waals surface area contributed by atoms with Crippen LogP contribution in [0, 0.1) is 0 Å². The van der Waals surface area contributed by atoms with Gasteiger partial charge in [0.2, 0.25) is 5.91 Å². The van der Waals surface area contributed by atoms with E-state index in [1.165, 1.54) is 6.92 Å². The first-order valence-corrected chi connectivity index (χ1v) is 10.1. The third-order valence-corrected chi connectivity index (χ3v) is 4.82. The van der Waals surface area contributed by atoms with Crippen molar-refractivity contribution in [3.05, 3.63) is 91.7 Å². The van der Waals surface area contributed by atoms with E-state index in [0.717, 1.165) is 10.8 Å². The molecule has 0 aliphatic carbocycles. The minimum atomic E-state index is -0.732. The van der Waals surface area contributed by atoms with Crippen molar-refractivity contribution in [2.75, 3.05) is 18.5 Å². The fourth-order valence-electron chi connectivity index (χ4n) is 2.84. The van der Waals surface area contributed by atoms with Gasteiger partial charge in [0.25, 0.3) is 11.5 Å². The van der Waals surface area contributed by atoms with E-state index in [4.69, 9.17) is 16.3 Å². The molecule has 3 N–H and O–H groups in total. The van der Waals surface area contributed by atoms with Crippen LogP contribution >= 0.6 is 11.6 Å². The molecule has 0 unspecified atom stereocenters. The molecule has 0 aliphatic rings. The monoisotopic (exact) mass is 456 g/mol. The topological polar surface area (TPSA) is 122 Å². The molecule has 0 saturated carbocycles. The second-order valence-electron chi connectivity index (χ2n) is 6.80. The molecule has 166 valence electrons. The van der Waals surface area contributed by atoms with E-state index in [1.807, 2.05) is 0 Å². The molecular formula is C22H21ClN4O5. The molecule has 0 radical (unpaired) electrons. The van der Waals surface area contributed by atoms with Crippen LogP contribution in [0.5, 0.6) is 5.75 Å². The zero-order valence-electron chi connectivity index (χ0n) is 17.2. The predicted octanol–water partition coefficient (Wildman–Crippen LogP) is 2.01. The Bertz CT molecular complexity index is 1230. The van der Waals surface area contributed by atoms with Crippen molar-refractivity contribution in [1.29, 1.82) is 0 Å². The molecule has 0 bridgehead atoms. The number of anilines is 1. The Morgan fingerprint density at radius 1 is 1.09 bits per heavy atom. The molecule has 0 saturated heterocycles. The van der Waals surface area contributed by atoms with Crippen LogP contribution in [0.3, 0.4) is 0 Å². The van der Waals surface area contributed by atoms with Gasteiger partial charge in [0.05, 0.1) is 13.1 Å². The maximum absolute atomic E-state index is 12.8. The van der Waals surface area contributed by atoms with Crippen LogP contribution in [0.1, 0.15) is 22.8 Å². The van der Waals surface area contributed by atoms with Gasteiger partial charge in [-0.05, 0) is 35.9 Å². The normalized spacial score (nSPS) is 10.4. The molecule has 0 fully saturated rings. The number of hydrogen-bond donors (Lipinski definition) is 3. The molecule has 0 atom stereocenters. The molecule has 3 rings (SSSR count). The second-order valence-corrected chi connectivity index (χ2v) is 7.21. The summed E-state index contributed by atoms with van der Waals surface area (Å²) in [6.45, 7) is 2.03. The summed E-state index contributed by atoms with van der Waals surface area (Å²) in [6, 6.07) is 13.3. The Kier molecular flexibility index (Phi) is 7.45. The smallest absolute Gasteiger partial charge is 0.328 e. The van der Waals surface area contributed by atoms with Gasteiger partial charge in [0.1, 0.15) is 17.9 Å². The summed E-state index contributed by atoms with van der Waals surface area (Å²) in [5, 5.41) is 5.65. The highest BCUT2D eigenvalue weighted by Gasteiger charge is 2.16. The number of rotatable bonds is 8. The maximum Gasteiger partial charge on any atom is 0.328 e. The van der Waals surface area contributed by atoms with Gasteiger partial charge < -0.3 is 20.4 Å². The molecule has 1 aromatic heterocycles. The van der Waals surface area contributed by atoms with Gasteiger partial charge in [0.15, 0.2) is 0 Å². The van der Waals surface area contributed by atoms with Crippen LogP contribution in [0.2, 0.25) is 5.02 Å². The Morgan fingerprint density at radius 3 is 2.50 bits per heavy atom. The van der Waals surface area contributed by atoms with Gasteiger partial charge in [-0.1, -0.05) is 29.8 Å². The number of nitrogens with zero attached hydrogens (tertiary/aromatic N) is 1. The fraction of sp³-hybridized carbons (Fsp3) is 0.182. The molecule has 0 aliphatic heterocycles. The fourth-order valence-corrected chi connectivity index (χ4v) is 3.04. The van der Waals surface area contributed by atoms with Crippen molar-refractivity contribution in [1.82, 2.24) is 14.9 Å². The highest BCUT2D eigenvalue weighted by atomic mass is 35.5. The lowest BCUT2D eigenvalue weighted by Crippen LogP contribution is -2.39. The van der Waals surface area contributed by atoms with Crippen LogP contribution < -0.4 is 26.6 Å². The van der Waals surface area contributed by atoms with E-state index in [2.05, 4.69) is 15.6 Å². The molecule has 32 heavy (non-hydrogen) atoms. The largest absolute Gasteiger partial charge is 0.492 e. The van der Waals surface area contributed by atoms with Crippen LogP contribution in [0.25, 0.3) is 0 Å². The number of aromatic nitrogens is 2. The highest BCUT2D eigenvalue weighted by molar-refractivity contribution is 6.31. The van der Waals surface area contributed by atoms with E-state index in [9.17, 15) is 19.2 Å².